The Hall–Kier alpha value is -1.15. The summed E-state index contributed by atoms with van der Waals surface area (Å²) < 4.78 is 0. The Morgan fingerprint density at radius 3 is 2.25 bits per heavy atom. The number of hydrogen-bond acceptors (Lipinski definition) is 1. The van der Waals surface area contributed by atoms with Crippen molar-refractivity contribution in [3.05, 3.63) is 48.0 Å². The topological polar surface area (TPSA) is 26.0 Å². The van der Waals surface area contributed by atoms with Crippen LogP contribution in [0.15, 0.2) is 42.5 Å². The van der Waals surface area contributed by atoms with E-state index in [2.05, 4.69) is 36.9 Å². The number of hydrogen-bond donors (Lipinski definition) is 1. The number of allylic oxidation sites excluding steroid dienone is 1. The van der Waals surface area contributed by atoms with Gasteiger partial charge in [-0.05, 0) is 54.9 Å². The molecule has 0 spiro atoms. The lowest BCUT2D eigenvalue weighted by atomic mass is 9.42. The molecule has 2 heteroatoms. The first-order chi connectivity index (χ1) is 9.55. The molecule has 4 aliphatic carbocycles. The van der Waals surface area contributed by atoms with Gasteiger partial charge < -0.3 is 5.73 Å². The van der Waals surface area contributed by atoms with Crippen LogP contribution in [0.5, 0.6) is 0 Å². The second kappa shape index (κ2) is 3.94. The Balaban J connectivity index is 1.84. The zero-order chi connectivity index (χ0) is 14.0. The number of thiocarbonyl (C=S) groups is 1. The normalized spacial score (nSPS) is 41.9. The van der Waals surface area contributed by atoms with Gasteiger partial charge in [0.15, 0.2) is 0 Å². The largest absolute Gasteiger partial charge is 0.393 e. The number of nitrogens with two attached hydrogens (primary N) is 1. The van der Waals surface area contributed by atoms with Gasteiger partial charge in [-0.1, -0.05) is 54.7 Å². The first-order valence-electron chi connectivity index (χ1n) is 7.59. The van der Waals surface area contributed by atoms with Crippen molar-refractivity contribution in [1.29, 1.82) is 0 Å². The molecule has 1 nitrogen and oxygen atoms in total. The van der Waals surface area contributed by atoms with Crippen molar-refractivity contribution in [2.24, 2.45) is 23.0 Å². The van der Waals surface area contributed by atoms with Gasteiger partial charge >= 0.3 is 0 Å². The molecule has 104 valence electrons. The third kappa shape index (κ3) is 1.52. The molecule has 20 heavy (non-hydrogen) atoms. The Morgan fingerprint density at radius 1 is 1.10 bits per heavy atom. The van der Waals surface area contributed by atoms with E-state index in [1.54, 1.807) is 0 Å². The van der Waals surface area contributed by atoms with Crippen molar-refractivity contribution < 1.29 is 0 Å². The lowest BCUT2D eigenvalue weighted by Gasteiger charge is -2.63. The molecule has 0 aromatic heterocycles. The molecular formula is C18H21NS. The molecule has 2 unspecified atom stereocenters. The van der Waals surface area contributed by atoms with Crippen LogP contribution >= 0.6 is 12.2 Å². The van der Waals surface area contributed by atoms with E-state index in [1.807, 2.05) is 0 Å². The molecule has 1 aromatic carbocycles. The van der Waals surface area contributed by atoms with E-state index < -0.39 is 0 Å². The maximum absolute atomic E-state index is 6.18. The predicted octanol–water partition coefficient (Wildman–Crippen LogP) is 3.98. The smallest absolute Gasteiger partial charge is 0.0790 e. The van der Waals surface area contributed by atoms with Gasteiger partial charge in [-0.25, -0.2) is 0 Å². The van der Waals surface area contributed by atoms with Crippen molar-refractivity contribution in [3.63, 3.8) is 0 Å². The molecule has 0 heterocycles. The zero-order valence-corrected chi connectivity index (χ0v) is 12.6. The van der Waals surface area contributed by atoms with E-state index in [-0.39, 0.29) is 10.8 Å². The van der Waals surface area contributed by atoms with Gasteiger partial charge in [0.25, 0.3) is 0 Å². The van der Waals surface area contributed by atoms with Gasteiger partial charge in [-0.3, -0.25) is 0 Å². The Bertz CT molecular complexity index is 571. The van der Waals surface area contributed by atoms with Crippen LogP contribution in [0.25, 0.3) is 0 Å². The first-order valence-corrected chi connectivity index (χ1v) is 8.00. The highest BCUT2D eigenvalue weighted by atomic mass is 32.1. The molecule has 4 fully saturated rings. The molecule has 4 saturated carbocycles. The summed E-state index contributed by atoms with van der Waals surface area (Å²) in [7, 11) is 0. The Morgan fingerprint density at radius 2 is 1.70 bits per heavy atom. The van der Waals surface area contributed by atoms with Gasteiger partial charge in [0.2, 0.25) is 0 Å². The molecule has 0 saturated heterocycles. The Labute approximate surface area is 126 Å². The highest BCUT2D eigenvalue weighted by molar-refractivity contribution is 7.80. The first kappa shape index (κ1) is 12.6. The molecular weight excluding hydrogens is 262 g/mol. The summed E-state index contributed by atoms with van der Waals surface area (Å²) in [4.78, 5) is 0.750. The van der Waals surface area contributed by atoms with Crippen LogP contribution in [0, 0.1) is 17.3 Å². The maximum atomic E-state index is 6.18. The minimum Gasteiger partial charge on any atom is -0.393 e. The standard InChI is InChI=1S/C18H21NS/c1-12-13-7-17(15-5-3-2-4-6-15)8-14(12)10-18(9-13,11-17)16(19)20/h2-6,13-14H,1,7-11H2,(H2,19,20). The van der Waals surface area contributed by atoms with Gasteiger partial charge in [-0.15, -0.1) is 0 Å². The van der Waals surface area contributed by atoms with Crippen molar-refractivity contribution >= 4 is 17.2 Å². The SMILES string of the molecule is C=C1C2CC3(C(N)=S)CC1CC(c1ccccc1)(C2)C3. The summed E-state index contributed by atoms with van der Waals surface area (Å²) in [6.45, 7) is 4.38. The summed E-state index contributed by atoms with van der Waals surface area (Å²) in [5, 5.41) is 0. The van der Waals surface area contributed by atoms with Crippen molar-refractivity contribution in [2.45, 2.75) is 37.5 Å². The molecule has 4 aliphatic rings. The van der Waals surface area contributed by atoms with Crippen LogP contribution in [0.1, 0.15) is 37.7 Å². The summed E-state index contributed by atoms with van der Waals surface area (Å²) in [5.41, 5.74) is 9.52. The highest BCUT2D eigenvalue weighted by Crippen LogP contribution is 2.67. The minimum absolute atomic E-state index is 0.0954. The summed E-state index contributed by atoms with van der Waals surface area (Å²) in [6, 6.07) is 11.0. The lowest BCUT2D eigenvalue weighted by Crippen LogP contribution is -2.58. The van der Waals surface area contributed by atoms with Crippen molar-refractivity contribution in [1.82, 2.24) is 0 Å². The van der Waals surface area contributed by atoms with Crippen LogP contribution in [0.3, 0.4) is 0 Å². The van der Waals surface area contributed by atoms with Crippen LogP contribution in [-0.2, 0) is 5.41 Å². The second-order valence-corrected chi connectivity index (χ2v) is 7.69. The van der Waals surface area contributed by atoms with Gasteiger partial charge in [0.05, 0.1) is 4.99 Å². The summed E-state index contributed by atoms with van der Waals surface area (Å²) >= 11 is 5.47. The molecule has 0 amide bonds. The van der Waals surface area contributed by atoms with E-state index >= 15 is 0 Å². The second-order valence-electron chi connectivity index (χ2n) is 7.25. The molecule has 2 atom stereocenters. The summed E-state index contributed by atoms with van der Waals surface area (Å²) in [5.74, 6) is 1.25. The van der Waals surface area contributed by atoms with Crippen molar-refractivity contribution in [3.8, 4) is 0 Å². The van der Waals surface area contributed by atoms with E-state index in [0.717, 1.165) is 24.3 Å². The fourth-order valence-electron chi connectivity index (χ4n) is 5.41. The number of rotatable bonds is 2. The van der Waals surface area contributed by atoms with Crippen molar-refractivity contribution in [2.75, 3.05) is 0 Å². The fourth-order valence-corrected chi connectivity index (χ4v) is 5.65. The Kier molecular flexibility index (Phi) is 2.48. The highest BCUT2D eigenvalue weighted by Gasteiger charge is 2.60. The van der Waals surface area contributed by atoms with Crippen LogP contribution in [0.4, 0.5) is 0 Å². The van der Waals surface area contributed by atoms with Crippen LogP contribution < -0.4 is 5.73 Å². The van der Waals surface area contributed by atoms with Gasteiger partial charge in [0, 0.05) is 5.41 Å². The number of benzene rings is 1. The zero-order valence-electron chi connectivity index (χ0n) is 11.8. The quantitative estimate of drug-likeness (QED) is 0.656. The van der Waals surface area contributed by atoms with Crippen LogP contribution in [0.2, 0.25) is 0 Å². The molecule has 2 N–H and O–H groups in total. The monoisotopic (exact) mass is 283 g/mol. The fraction of sp³-hybridized carbons (Fsp3) is 0.500. The molecule has 0 aliphatic heterocycles. The molecule has 0 radical (unpaired) electrons. The van der Waals surface area contributed by atoms with Gasteiger partial charge in [-0.2, -0.15) is 0 Å². The average Bonchev–Trinajstić information content (AvgIpc) is 2.44. The molecule has 4 bridgehead atoms. The molecule has 5 rings (SSSR count). The molecule has 1 aromatic rings. The minimum atomic E-state index is 0.0954. The van der Waals surface area contributed by atoms with E-state index in [0.29, 0.717) is 11.8 Å². The van der Waals surface area contributed by atoms with E-state index in [9.17, 15) is 0 Å². The van der Waals surface area contributed by atoms with E-state index in [4.69, 9.17) is 18.0 Å². The lowest BCUT2D eigenvalue weighted by molar-refractivity contribution is 0.00781. The van der Waals surface area contributed by atoms with Gasteiger partial charge in [0.1, 0.15) is 0 Å². The third-order valence-electron chi connectivity index (χ3n) is 6.18. The summed E-state index contributed by atoms with van der Waals surface area (Å²) in [6.07, 6.45) is 5.94. The maximum Gasteiger partial charge on any atom is 0.0790 e. The predicted molar refractivity (Wildman–Crippen MR) is 86.5 cm³/mol. The third-order valence-corrected chi connectivity index (χ3v) is 6.62. The van der Waals surface area contributed by atoms with E-state index in [1.165, 1.54) is 24.0 Å². The average molecular weight is 283 g/mol. The van der Waals surface area contributed by atoms with Crippen LogP contribution in [-0.4, -0.2) is 4.99 Å².